The molecular formula is C13H13BrO2S. The largest absolute Gasteiger partial charge is 0.493 e. The van der Waals surface area contributed by atoms with E-state index in [0.29, 0.717) is 6.61 Å². The van der Waals surface area contributed by atoms with Gasteiger partial charge in [0.1, 0.15) is 11.5 Å². The Hall–Kier alpha value is -0.870. The molecule has 0 saturated carbocycles. The molecule has 0 atom stereocenters. The topological polar surface area (TPSA) is 22.4 Å². The Morgan fingerprint density at radius 3 is 2.71 bits per heavy atom. The summed E-state index contributed by atoms with van der Waals surface area (Å²) < 4.78 is 11.9. The van der Waals surface area contributed by atoms with Crippen molar-refractivity contribution in [1.82, 2.24) is 0 Å². The van der Waals surface area contributed by atoms with Crippen LogP contribution in [0.25, 0.3) is 0 Å². The minimum atomic E-state index is 0.715. The molecule has 17 heavy (non-hydrogen) atoms. The molecule has 0 saturated heterocycles. The van der Waals surface area contributed by atoms with Gasteiger partial charge in [0.05, 0.1) is 18.6 Å². The maximum Gasteiger partial charge on any atom is 0.119 e. The number of furan rings is 1. The maximum atomic E-state index is 5.61. The van der Waals surface area contributed by atoms with Gasteiger partial charge in [0, 0.05) is 10.2 Å². The molecule has 4 heteroatoms. The summed E-state index contributed by atoms with van der Waals surface area (Å²) in [5.41, 5.74) is 0. The predicted octanol–water partition coefficient (Wildman–Crippen LogP) is 4.35. The molecule has 0 aliphatic heterocycles. The molecule has 0 N–H and O–H groups in total. The zero-order valence-corrected chi connectivity index (χ0v) is 11.7. The van der Waals surface area contributed by atoms with E-state index in [1.807, 2.05) is 36.4 Å². The Morgan fingerprint density at radius 2 is 2.00 bits per heavy atom. The molecule has 0 radical (unpaired) electrons. The highest BCUT2D eigenvalue weighted by molar-refractivity contribution is 9.10. The van der Waals surface area contributed by atoms with E-state index in [9.17, 15) is 0 Å². The lowest BCUT2D eigenvalue weighted by molar-refractivity contribution is 0.344. The Kier molecular flexibility index (Phi) is 5.01. The zero-order valence-electron chi connectivity index (χ0n) is 9.27. The average molecular weight is 313 g/mol. The van der Waals surface area contributed by atoms with E-state index in [1.54, 1.807) is 18.0 Å². The van der Waals surface area contributed by atoms with Gasteiger partial charge in [-0.05, 0) is 36.4 Å². The van der Waals surface area contributed by atoms with Gasteiger partial charge in [-0.25, -0.2) is 0 Å². The van der Waals surface area contributed by atoms with Gasteiger partial charge in [-0.1, -0.05) is 15.9 Å². The summed E-state index contributed by atoms with van der Waals surface area (Å²) >= 11 is 5.20. The van der Waals surface area contributed by atoms with Crippen molar-refractivity contribution in [2.24, 2.45) is 0 Å². The fourth-order valence-electron chi connectivity index (χ4n) is 1.32. The molecule has 0 aliphatic carbocycles. The van der Waals surface area contributed by atoms with Crippen LogP contribution >= 0.6 is 27.7 Å². The van der Waals surface area contributed by atoms with Crippen LogP contribution in [0.5, 0.6) is 5.75 Å². The van der Waals surface area contributed by atoms with Crippen LogP contribution in [0.2, 0.25) is 0 Å². The van der Waals surface area contributed by atoms with Gasteiger partial charge in [-0.2, -0.15) is 11.8 Å². The smallest absolute Gasteiger partial charge is 0.119 e. The normalized spacial score (nSPS) is 10.4. The lowest BCUT2D eigenvalue weighted by Gasteiger charge is -2.05. The summed E-state index contributed by atoms with van der Waals surface area (Å²) in [5, 5.41) is 0. The van der Waals surface area contributed by atoms with Crippen LogP contribution in [0, 0.1) is 0 Å². The molecule has 1 heterocycles. The molecule has 0 fully saturated rings. The highest BCUT2D eigenvalue weighted by atomic mass is 79.9. The predicted molar refractivity (Wildman–Crippen MR) is 74.5 cm³/mol. The summed E-state index contributed by atoms with van der Waals surface area (Å²) in [5.74, 6) is 3.78. The molecule has 1 aromatic heterocycles. The van der Waals surface area contributed by atoms with E-state index in [1.165, 1.54) is 0 Å². The monoisotopic (exact) mass is 312 g/mol. The highest BCUT2D eigenvalue weighted by Crippen LogP contribution is 2.17. The zero-order chi connectivity index (χ0) is 11.9. The molecular weight excluding hydrogens is 300 g/mol. The number of thioether (sulfide) groups is 1. The second kappa shape index (κ2) is 6.77. The number of ether oxygens (including phenoxy) is 1. The van der Waals surface area contributed by atoms with Crippen molar-refractivity contribution in [2.45, 2.75) is 5.75 Å². The first-order chi connectivity index (χ1) is 8.34. The number of rotatable bonds is 6. The van der Waals surface area contributed by atoms with Gasteiger partial charge >= 0.3 is 0 Å². The quantitative estimate of drug-likeness (QED) is 0.740. The number of hydrogen-bond acceptors (Lipinski definition) is 3. The molecule has 0 spiro atoms. The highest BCUT2D eigenvalue weighted by Gasteiger charge is 1.97. The SMILES string of the molecule is Brc1ccc(OCCSCc2ccco2)cc1. The fraction of sp³-hybridized carbons (Fsp3) is 0.231. The minimum Gasteiger partial charge on any atom is -0.493 e. The van der Waals surface area contributed by atoms with E-state index in [-0.39, 0.29) is 0 Å². The molecule has 1 aromatic carbocycles. The third-order valence-electron chi connectivity index (χ3n) is 2.13. The second-order valence-corrected chi connectivity index (χ2v) is 5.46. The van der Waals surface area contributed by atoms with Crippen LogP contribution < -0.4 is 4.74 Å². The lowest BCUT2D eigenvalue weighted by atomic mass is 10.3. The van der Waals surface area contributed by atoms with E-state index in [0.717, 1.165) is 27.5 Å². The van der Waals surface area contributed by atoms with Crippen molar-refractivity contribution in [3.05, 3.63) is 52.9 Å². The van der Waals surface area contributed by atoms with Gasteiger partial charge in [-0.15, -0.1) is 0 Å². The van der Waals surface area contributed by atoms with Crippen molar-refractivity contribution in [1.29, 1.82) is 0 Å². The fourth-order valence-corrected chi connectivity index (χ4v) is 2.29. The summed E-state index contributed by atoms with van der Waals surface area (Å²) in [6.07, 6.45) is 1.70. The third kappa shape index (κ3) is 4.48. The minimum absolute atomic E-state index is 0.715. The molecule has 2 rings (SSSR count). The maximum absolute atomic E-state index is 5.61. The number of halogens is 1. The van der Waals surface area contributed by atoms with Crippen molar-refractivity contribution in [3.8, 4) is 5.75 Å². The standard InChI is InChI=1S/C13H13BrO2S/c14-11-3-5-12(6-4-11)16-8-9-17-10-13-2-1-7-15-13/h1-7H,8-10H2. The summed E-state index contributed by atoms with van der Waals surface area (Å²) in [7, 11) is 0. The molecule has 90 valence electrons. The Bertz CT molecular complexity index is 425. The molecule has 0 amide bonds. The lowest BCUT2D eigenvalue weighted by Crippen LogP contribution is -2.00. The van der Waals surface area contributed by atoms with Crippen LogP contribution in [0.1, 0.15) is 5.76 Å². The molecule has 0 bridgehead atoms. The van der Waals surface area contributed by atoms with E-state index in [2.05, 4.69) is 15.9 Å². The second-order valence-electron chi connectivity index (χ2n) is 3.43. The molecule has 2 aromatic rings. The number of hydrogen-bond donors (Lipinski definition) is 0. The van der Waals surface area contributed by atoms with Crippen LogP contribution in [-0.4, -0.2) is 12.4 Å². The van der Waals surface area contributed by atoms with Crippen LogP contribution in [0.15, 0.2) is 51.6 Å². The van der Waals surface area contributed by atoms with Crippen molar-refractivity contribution in [3.63, 3.8) is 0 Å². The third-order valence-corrected chi connectivity index (χ3v) is 3.61. The molecule has 0 unspecified atom stereocenters. The van der Waals surface area contributed by atoms with Crippen molar-refractivity contribution < 1.29 is 9.15 Å². The first-order valence-electron chi connectivity index (χ1n) is 5.33. The summed E-state index contributed by atoms with van der Waals surface area (Å²) in [6, 6.07) is 11.8. The van der Waals surface area contributed by atoms with Crippen LogP contribution in [0.4, 0.5) is 0 Å². The Balaban J connectivity index is 1.61. The van der Waals surface area contributed by atoms with E-state index >= 15 is 0 Å². The summed E-state index contributed by atoms with van der Waals surface area (Å²) in [4.78, 5) is 0. The molecule has 0 aliphatic rings. The van der Waals surface area contributed by atoms with Crippen LogP contribution in [0.3, 0.4) is 0 Å². The van der Waals surface area contributed by atoms with Gasteiger partial charge < -0.3 is 9.15 Å². The number of benzene rings is 1. The van der Waals surface area contributed by atoms with Crippen molar-refractivity contribution >= 4 is 27.7 Å². The Morgan fingerprint density at radius 1 is 1.18 bits per heavy atom. The first-order valence-corrected chi connectivity index (χ1v) is 7.28. The van der Waals surface area contributed by atoms with Gasteiger partial charge in [0.25, 0.3) is 0 Å². The molecule has 2 nitrogen and oxygen atoms in total. The van der Waals surface area contributed by atoms with Gasteiger partial charge in [0.2, 0.25) is 0 Å². The van der Waals surface area contributed by atoms with E-state index in [4.69, 9.17) is 9.15 Å². The first kappa shape index (κ1) is 12.6. The average Bonchev–Trinajstić information content (AvgIpc) is 2.84. The Labute approximate surface area is 113 Å². The van der Waals surface area contributed by atoms with Crippen molar-refractivity contribution in [2.75, 3.05) is 12.4 Å². The summed E-state index contributed by atoms with van der Waals surface area (Å²) in [6.45, 7) is 0.715. The van der Waals surface area contributed by atoms with Gasteiger partial charge in [0.15, 0.2) is 0 Å². The van der Waals surface area contributed by atoms with Gasteiger partial charge in [-0.3, -0.25) is 0 Å². The van der Waals surface area contributed by atoms with Crippen LogP contribution in [-0.2, 0) is 5.75 Å². The van der Waals surface area contributed by atoms with E-state index < -0.39 is 0 Å².